The number of rotatable bonds is 7. The van der Waals surface area contributed by atoms with Crippen LogP contribution in [0.5, 0.6) is 0 Å². The molecule has 0 aromatic carbocycles. The highest BCUT2D eigenvalue weighted by Crippen LogP contribution is 2.23. The van der Waals surface area contributed by atoms with Crippen LogP contribution in [0.15, 0.2) is 6.20 Å². The van der Waals surface area contributed by atoms with Gasteiger partial charge in [-0.1, -0.05) is 0 Å². The van der Waals surface area contributed by atoms with Gasteiger partial charge in [-0.2, -0.15) is 0 Å². The van der Waals surface area contributed by atoms with Crippen molar-refractivity contribution in [1.29, 1.82) is 0 Å². The third-order valence-electron chi connectivity index (χ3n) is 3.14. The first-order chi connectivity index (χ1) is 9.28. The Morgan fingerprint density at radius 1 is 1.45 bits per heavy atom. The number of nitrogens with one attached hydrogen (secondary N) is 1. The lowest BCUT2D eigenvalue weighted by Crippen LogP contribution is -2.37. The minimum atomic E-state index is -0.347. The highest BCUT2D eigenvalue weighted by Gasteiger charge is 2.20. The van der Waals surface area contributed by atoms with Gasteiger partial charge < -0.3 is 10.1 Å². The van der Waals surface area contributed by atoms with Crippen LogP contribution in [-0.4, -0.2) is 28.7 Å². The molecule has 0 amide bonds. The topological polar surface area (TPSA) is 77.3 Å². The summed E-state index contributed by atoms with van der Waals surface area (Å²) in [6.45, 7) is 11.2. The Labute approximate surface area is 119 Å². The third kappa shape index (κ3) is 4.25. The van der Waals surface area contributed by atoms with Gasteiger partial charge in [-0.15, -0.1) is 0 Å². The molecular formula is C14H23N3O3. The minimum absolute atomic E-state index is 0.154. The number of hydrogen-bond donors (Lipinski definition) is 1. The Morgan fingerprint density at radius 2 is 2.10 bits per heavy atom. The van der Waals surface area contributed by atoms with Crippen molar-refractivity contribution in [2.24, 2.45) is 0 Å². The monoisotopic (exact) mass is 281 g/mol. The molecule has 0 atom stereocenters. The van der Waals surface area contributed by atoms with Crippen molar-refractivity contribution in [2.75, 3.05) is 13.2 Å². The summed E-state index contributed by atoms with van der Waals surface area (Å²) in [5.74, 6) is 0. The second-order valence-corrected chi connectivity index (χ2v) is 5.41. The molecule has 0 aliphatic heterocycles. The quantitative estimate of drug-likeness (QED) is 0.614. The van der Waals surface area contributed by atoms with E-state index < -0.39 is 0 Å². The summed E-state index contributed by atoms with van der Waals surface area (Å²) >= 11 is 0. The normalized spacial score (nSPS) is 11.7. The SMILES string of the molecule is CCOC(C)(C)CNCc1ncc(C)c([N+](=O)[O-])c1C. The number of aromatic nitrogens is 1. The first-order valence-electron chi connectivity index (χ1n) is 6.72. The summed E-state index contributed by atoms with van der Waals surface area (Å²) in [7, 11) is 0. The molecule has 6 heteroatoms. The summed E-state index contributed by atoms with van der Waals surface area (Å²) in [4.78, 5) is 15.0. The first-order valence-corrected chi connectivity index (χ1v) is 6.72. The Hall–Kier alpha value is -1.53. The van der Waals surface area contributed by atoms with Crippen molar-refractivity contribution in [3.63, 3.8) is 0 Å². The predicted octanol–water partition coefficient (Wildman–Crippen LogP) is 2.51. The van der Waals surface area contributed by atoms with Crippen LogP contribution in [0.25, 0.3) is 0 Å². The second kappa shape index (κ2) is 6.76. The number of ether oxygens (including phenoxy) is 1. The average molecular weight is 281 g/mol. The second-order valence-electron chi connectivity index (χ2n) is 5.41. The molecule has 0 saturated carbocycles. The molecule has 0 spiro atoms. The maximum Gasteiger partial charge on any atom is 0.278 e. The smallest absolute Gasteiger partial charge is 0.278 e. The van der Waals surface area contributed by atoms with E-state index in [4.69, 9.17) is 4.74 Å². The molecule has 112 valence electrons. The lowest BCUT2D eigenvalue weighted by Gasteiger charge is -2.25. The maximum absolute atomic E-state index is 11.1. The number of pyridine rings is 1. The number of nitrogens with zero attached hydrogens (tertiary/aromatic N) is 2. The molecule has 6 nitrogen and oxygen atoms in total. The van der Waals surface area contributed by atoms with E-state index >= 15 is 0 Å². The van der Waals surface area contributed by atoms with E-state index in [0.717, 1.165) is 0 Å². The van der Waals surface area contributed by atoms with Crippen LogP contribution >= 0.6 is 0 Å². The van der Waals surface area contributed by atoms with Crippen LogP contribution in [0.3, 0.4) is 0 Å². The zero-order valence-electron chi connectivity index (χ0n) is 12.8. The molecular weight excluding hydrogens is 258 g/mol. The van der Waals surface area contributed by atoms with E-state index in [2.05, 4.69) is 10.3 Å². The van der Waals surface area contributed by atoms with Crippen LogP contribution < -0.4 is 5.32 Å². The fraction of sp³-hybridized carbons (Fsp3) is 0.643. The molecule has 1 aromatic heterocycles. The Balaban J connectivity index is 2.75. The molecule has 0 unspecified atom stereocenters. The van der Waals surface area contributed by atoms with E-state index in [9.17, 15) is 10.1 Å². The van der Waals surface area contributed by atoms with Gasteiger partial charge in [0.1, 0.15) is 0 Å². The average Bonchev–Trinajstić information content (AvgIpc) is 2.31. The molecule has 1 rings (SSSR count). The van der Waals surface area contributed by atoms with Crippen molar-refractivity contribution in [3.8, 4) is 0 Å². The summed E-state index contributed by atoms with van der Waals surface area (Å²) in [6.07, 6.45) is 1.55. The fourth-order valence-electron chi connectivity index (χ4n) is 2.15. The lowest BCUT2D eigenvalue weighted by atomic mass is 10.1. The molecule has 20 heavy (non-hydrogen) atoms. The minimum Gasteiger partial charge on any atom is -0.375 e. The van der Waals surface area contributed by atoms with Crippen molar-refractivity contribution in [3.05, 3.63) is 33.1 Å². The molecule has 1 N–H and O–H groups in total. The van der Waals surface area contributed by atoms with Gasteiger partial charge in [-0.25, -0.2) is 0 Å². The molecule has 0 aliphatic rings. The van der Waals surface area contributed by atoms with Gasteiger partial charge in [0.15, 0.2) is 0 Å². The highest BCUT2D eigenvalue weighted by molar-refractivity contribution is 5.47. The van der Waals surface area contributed by atoms with E-state index in [-0.39, 0.29) is 16.2 Å². The largest absolute Gasteiger partial charge is 0.375 e. The van der Waals surface area contributed by atoms with Gasteiger partial charge in [-0.05, 0) is 34.6 Å². The third-order valence-corrected chi connectivity index (χ3v) is 3.14. The number of nitro groups is 1. The first kappa shape index (κ1) is 16.5. The molecule has 1 heterocycles. The summed E-state index contributed by atoms with van der Waals surface area (Å²) in [6, 6.07) is 0. The summed E-state index contributed by atoms with van der Waals surface area (Å²) < 4.78 is 5.59. The lowest BCUT2D eigenvalue weighted by molar-refractivity contribution is -0.386. The van der Waals surface area contributed by atoms with Crippen molar-refractivity contribution in [2.45, 2.75) is 46.8 Å². The van der Waals surface area contributed by atoms with Crippen LogP contribution in [0, 0.1) is 24.0 Å². The van der Waals surface area contributed by atoms with Crippen LogP contribution in [-0.2, 0) is 11.3 Å². The molecule has 0 fully saturated rings. The van der Waals surface area contributed by atoms with E-state index in [0.29, 0.717) is 36.5 Å². The van der Waals surface area contributed by atoms with E-state index in [1.807, 2.05) is 20.8 Å². The van der Waals surface area contributed by atoms with Gasteiger partial charge in [-0.3, -0.25) is 15.1 Å². The van der Waals surface area contributed by atoms with Crippen LogP contribution in [0.2, 0.25) is 0 Å². The predicted molar refractivity (Wildman–Crippen MR) is 77.8 cm³/mol. The van der Waals surface area contributed by atoms with E-state index in [1.165, 1.54) is 0 Å². The Kier molecular flexibility index (Phi) is 5.59. The van der Waals surface area contributed by atoms with Gasteiger partial charge in [0.25, 0.3) is 5.69 Å². The molecule has 0 saturated heterocycles. The molecule has 0 radical (unpaired) electrons. The fourth-order valence-corrected chi connectivity index (χ4v) is 2.15. The standard InChI is InChI=1S/C14H23N3O3/c1-6-20-14(4,5)9-15-8-12-11(3)13(17(18)19)10(2)7-16-12/h7,15H,6,8-9H2,1-5H3. The van der Waals surface area contributed by atoms with Gasteiger partial charge in [0.05, 0.1) is 16.2 Å². The Morgan fingerprint density at radius 3 is 2.65 bits per heavy atom. The number of aryl methyl sites for hydroxylation is 1. The summed E-state index contributed by atoms with van der Waals surface area (Å²) in [5.41, 5.74) is 1.80. The zero-order chi connectivity index (χ0) is 15.3. The van der Waals surface area contributed by atoms with E-state index in [1.54, 1.807) is 20.0 Å². The molecule has 0 aliphatic carbocycles. The van der Waals surface area contributed by atoms with Crippen molar-refractivity contribution >= 4 is 5.69 Å². The molecule has 1 aromatic rings. The summed E-state index contributed by atoms with van der Waals surface area (Å²) in [5, 5.41) is 14.3. The van der Waals surface area contributed by atoms with Gasteiger partial charge in [0, 0.05) is 37.0 Å². The van der Waals surface area contributed by atoms with Crippen LogP contribution in [0.4, 0.5) is 5.69 Å². The van der Waals surface area contributed by atoms with Crippen molar-refractivity contribution in [1.82, 2.24) is 10.3 Å². The zero-order valence-corrected chi connectivity index (χ0v) is 12.8. The molecule has 0 bridgehead atoms. The van der Waals surface area contributed by atoms with Crippen LogP contribution in [0.1, 0.15) is 37.6 Å². The van der Waals surface area contributed by atoms with Crippen molar-refractivity contribution < 1.29 is 9.66 Å². The highest BCUT2D eigenvalue weighted by atomic mass is 16.6. The Bertz CT molecular complexity index is 487. The maximum atomic E-state index is 11.1. The van der Waals surface area contributed by atoms with Gasteiger partial charge >= 0.3 is 0 Å². The van der Waals surface area contributed by atoms with Gasteiger partial charge in [0.2, 0.25) is 0 Å². The number of hydrogen-bond acceptors (Lipinski definition) is 5.